The predicted molar refractivity (Wildman–Crippen MR) is 73.3 cm³/mol. The van der Waals surface area contributed by atoms with Crippen LogP contribution < -0.4 is 10.6 Å². The van der Waals surface area contributed by atoms with Gasteiger partial charge in [-0.3, -0.25) is 0 Å². The van der Waals surface area contributed by atoms with E-state index in [0.29, 0.717) is 18.8 Å². The molecule has 0 aliphatic carbocycles. The van der Waals surface area contributed by atoms with Crippen molar-refractivity contribution >= 4 is 17.0 Å². The first-order chi connectivity index (χ1) is 9.20. The van der Waals surface area contributed by atoms with Gasteiger partial charge in [0, 0.05) is 30.1 Å². The highest BCUT2D eigenvalue weighted by molar-refractivity contribution is 7.10. The van der Waals surface area contributed by atoms with Gasteiger partial charge in [0.05, 0.1) is 5.69 Å². The van der Waals surface area contributed by atoms with Gasteiger partial charge < -0.3 is 10.6 Å². The van der Waals surface area contributed by atoms with Crippen LogP contribution in [0.5, 0.6) is 0 Å². The first kappa shape index (κ1) is 12.6. The van der Waals surface area contributed by atoms with E-state index in [0.717, 1.165) is 6.42 Å². The topological polar surface area (TPSA) is 29.3 Å². The molecule has 2 heterocycles. The van der Waals surface area contributed by atoms with Crippen molar-refractivity contribution < 1.29 is 8.78 Å². The smallest absolute Gasteiger partial charge is 0.182 e. The molecular weight excluding hydrogens is 266 g/mol. The number of benzene rings is 1. The van der Waals surface area contributed by atoms with Crippen LogP contribution in [0.1, 0.15) is 16.0 Å². The molecule has 0 bridgehead atoms. The summed E-state index contributed by atoms with van der Waals surface area (Å²) in [6.45, 7) is 1.36. The lowest BCUT2D eigenvalue weighted by atomic mass is 10.1. The van der Waals surface area contributed by atoms with Crippen LogP contribution in [0.3, 0.4) is 0 Å². The van der Waals surface area contributed by atoms with Crippen LogP contribution in [0.25, 0.3) is 0 Å². The van der Waals surface area contributed by atoms with E-state index >= 15 is 0 Å². The lowest BCUT2D eigenvalue weighted by Crippen LogP contribution is -2.30. The van der Waals surface area contributed by atoms with Gasteiger partial charge in [0.15, 0.2) is 11.6 Å². The Morgan fingerprint density at radius 3 is 2.84 bits per heavy atom. The van der Waals surface area contributed by atoms with Crippen LogP contribution in [0, 0.1) is 11.6 Å². The van der Waals surface area contributed by atoms with Gasteiger partial charge >= 0.3 is 0 Å². The van der Waals surface area contributed by atoms with Crippen LogP contribution >= 0.6 is 11.3 Å². The zero-order chi connectivity index (χ0) is 13.4. The van der Waals surface area contributed by atoms with E-state index in [4.69, 9.17) is 5.73 Å². The first-order valence-electron chi connectivity index (χ1n) is 6.18. The van der Waals surface area contributed by atoms with Crippen LogP contribution in [-0.2, 0) is 19.5 Å². The van der Waals surface area contributed by atoms with Crippen LogP contribution in [0.2, 0.25) is 0 Å². The summed E-state index contributed by atoms with van der Waals surface area (Å²) in [6, 6.07) is 5.24. The molecule has 0 saturated carbocycles. The van der Waals surface area contributed by atoms with E-state index < -0.39 is 11.6 Å². The first-order valence-corrected chi connectivity index (χ1v) is 7.06. The summed E-state index contributed by atoms with van der Waals surface area (Å²) in [7, 11) is 0. The summed E-state index contributed by atoms with van der Waals surface area (Å²) >= 11 is 1.72. The Bertz CT molecular complexity index is 609. The van der Waals surface area contributed by atoms with Crippen molar-refractivity contribution in [1.82, 2.24) is 0 Å². The summed E-state index contributed by atoms with van der Waals surface area (Å²) in [5.41, 5.74) is 7.13. The van der Waals surface area contributed by atoms with Crippen LogP contribution in [-0.4, -0.2) is 6.54 Å². The normalized spacial score (nSPS) is 14.6. The van der Waals surface area contributed by atoms with Crippen LogP contribution in [0.4, 0.5) is 14.5 Å². The maximum Gasteiger partial charge on any atom is 0.182 e. The summed E-state index contributed by atoms with van der Waals surface area (Å²) in [6.07, 6.45) is 0.882. The van der Waals surface area contributed by atoms with Gasteiger partial charge in [0.1, 0.15) is 0 Å². The van der Waals surface area contributed by atoms with Gasteiger partial charge in [-0.15, -0.1) is 11.3 Å². The van der Waals surface area contributed by atoms with Gasteiger partial charge in [-0.05, 0) is 29.5 Å². The highest BCUT2D eigenvalue weighted by Gasteiger charge is 2.22. The summed E-state index contributed by atoms with van der Waals surface area (Å²) < 4.78 is 27.8. The molecule has 19 heavy (non-hydrogen) atoms. The molecule has 0 amide bonds. The number of thiophene rings is 1. The van der Waals surface area contributed by atoms with Gasteiger partial charge in [-0.2, -0.15) is 0 Å². The Morgan fingerprint density at radius 1 is 1.21 bits per heavy atom. The van der Waals surface area contributed by atoms with Gasteiger partial charge in [0.2, 0.25) is 0 Å². The van der Waals surface area contributed by atoms with E-state index in [1.165, 1.54) is 10.4 Å². The zero-order valence-electron chi connectivity index (χ0n) is 10.3. The Labute approximate surface area is 114 Å². The van der Waals surface area contributed by atoms with Gasteiger partial charge in [-0.25, -0.2) is 8.78 Å². The molecule has 0 fully saturated rings. The second-order valence-electron chi connectivity index (χ2n) is 4.62. The fourth-order valence-electron chi connectivity index (χ4n) is 2.44. The Balaban J connectivity index is 1.94. The largest absolute Gasteiger partial charge is 0.364 e. The Morgan fingerprint density at radius 2 is 2.05 bits per heavy atom. The molecule has 1 aromatic carbocycles. The molecular formula is C14H14F2N2S. The minimum absolute atomic E-state index is 0.0116. The third-order valence-electron chi connectivity index (χ3n) is 3.51. The highest BCUT2D eigenvalue weighted by Crippen LogP contribution is 2.30. The maximum atomic E-state index is 14.1. The van der Waals surface area contributed by atoms with Crippen molar-refractivity contribution in [3.63, 3.8) is 0 Å². The second-order valence-corrected chi connectivity index (χ2v) is 5.62. The number of anilines is 1. The van der Waals surface area contributed by atoms with Crippen molar-refractivity contribution in [2.45, 2.75) is 19.5 Å². The van der Waals surface area contributed by atoms with Crippen molar-refractivity contribution in [1.29, 1.82) is 0 Å². The third kappa shape index (κ3) is 2.13. The van der Waals surface area contributed by atoms with E-state index in [1.54, 1.807) is 23.5 Å². The molecule has 1 aromatic heterocycles. The fourth-order valence-corrected chi connectivity index (χ4v) is 3.32. The SMILES string of the molecule is NCc1ccc(N2CCc3sccc3C2)c(F)c1F. The molecule has 3 rings (SSSR count). The van der Waals surface area contributed by atoms with E-state index in [1.807, 2.05) is 10.3 Å². The summed E-state index contributed by atoms with van der Waals surface area (Å²) in [5, 5.41) is 2.04. The number of nitrogens with two attached hydrogens (primary N) is 1. The minimum atomic E-state index is -0.823. The van der Waals surface area contributed by atoms with Crippen molar-refractivity contribution in [2.75, 3.05) is 11.4 Å². The minimum Gasteiger partial charge on any atom is -0.364 e. The van der Waals surface area contributed by atoms with E-state index in [-0.39, 0.29) is 12.1 Å². The molecule has 0 saturated heterocycles. The fraction of sp³-hybridized carbons (Fsp3) is 0.286. The molecule has 1 aliphatic rings. The Kier molecular flexibility index (Phi) is 3.24. The van der Waals surface area contributed by atoms with Gasteiger partial charge in [0.25, 0.3) is 0 Å². The zero-order valence-corrected chi connectivity index (χ0v) is 11.1. The third-order valence-corrected chi connectivity index (χ3v) is 4.53. The molecule has 5 heteroatoms. The van der Waals surface area contributed by atoms with Crippen molar-refractivity contribution in [2.24, 2.45) is 5.73 Å². The summed E-state index contributed by atoms with van der Waals surface area (Å²) in [5.74, 6) is -1.61. The maximum absolute atomic E-state index is 14.1. The molecule has 100 valence electrons. The lowest BCUT2D eigenvalue weighted by molar-refractivity contribution is 0.495. The van der Waals surface area contributed by atoms with E-state index in [9.17, 15) is 8.78 Å². The highest BCUT2D eigenvalue weighted by atomic mass is 32.1. The van der Waals surface area contributed by atoms with Gasteiger partial charge in [-0.1, -0.05) is 6.07 Å². The molecule has 1 aliphatic heterocycles. The average molecular weight is 280 g/mol. The molecule has 0 atom stereocenters. The quantitative estimate of drug-likeness (QED) is 0.916. The van der Waals surface area contributed by atoms with E-state index in [2.05, 4.69) is 6.07 Å². The molecule has 2 N–H and O–H groups in total. The van der Waals surface area contributed by atoms with Crippen molar-refractivity contribution in [3.8, 4) is 0 Å². The van der Waals surface area contributed by atoms with Crippen molar-refractivity contribution in [3.05, 3.63) is 51.2 Å². The standard InChI is InChI=1S/C14H14F2N2S/c15-13-9(7-17)1-2-11(14(13)16)18-5-3-12-10(8-18)4-6-19-12/h1-2,4,6H,3,5,7-8,17H2. The molecule has 2 nitrogen and oxygen atoms in total. The number of rotatable bonds is 2. The number of nitrogens with zero attached hydrogens (tertiary/aromatic N) is 1. The predicted octanol–water partition coefficient (Wildman–Crippen LogP) is 3.05. The molecule has 0 unspecified atom stereocenters. The molecule has 2 aromatic rings. The van der Waals surface area contributed by atoms with Crippen LogP contribution in [0.15, 0.2) is 23.6 Å². The number of hydrogen-bond acceptors (Lipinski definition) is 3. The monoisotopic (exact) mass is 280 g/mol. The number of fused-ring (bicyclic) bond motifs is 1. The second kappa shape index (κ2) is 4.90. The summed E-state index contributed by atoms with van der Waals surface area (Å²) in [4.78, 5) is 3.23. The number of hydrogen-bond donors (Lipinski definition) is 1. The molecule has 0 spiro atoms. The number of halogens is 2. The average Bonchev–Trinajstić information content (AvgIpc) is 2.89. The lowest BCUT2D eigenvalue weighted by Gasteiger charge is -2.29. The Hall–Kier alpha value is -1.46. The molecule has 0 radical (unpaired) electrons.